The van der Waals surface area contributed by atoms with Gasteiger partial charge in [-0.2, -0.15) is 0 Å². The van der Waals surface area contributed by atoms with Crippen molar-refractivity contribution in [1.29, 1.82) is 0 Å². The summed E-state index contributed by atoms with van der Waals surface area (Å²) in [6, 6.07) is 0. The molecule has 0 bridgehead atoms. The van der Waals surface area contributed by atoms with E-state index in [1.165, 1.54) is 43.0 Å². The second kappa shape index (κ2) is 15.6. The summed E-state index contributed by atoms with van der Waals surface area (Å²) in [6.07, 6.45) is 13.9. The molecule has 0 radical (unpaired) electrons. The van der Waals surface area contributed by atoms with Crippen molar-refractivity contribution in [2.75, 3.05) is 4.43 Å². The van der Waals surface area contributed by atoms with Gasteiger partial charge in [0.2, 0.25) is 0 Å². The molecule has 94 valence electrons. The van der Waals surface area contributed by atoms with E-state index < -0.39 is 0 Å². The summed E-state index contributed by atoms with van der Waals surface area (Å²) in [5, 5.41) is 0. The van der Waals surface area contributed by atoms with Crippen LogP contribution in [0.1, 0.15) is 58.3 Å². The van der Waals surface area contributed by atoms with Crippen LogP contribution in [0.2, 0.25) is 0 Å². The van der Waals surface area contributed by atoms with Crippen LogP contribution < -0.4 is 0 Å². The standard InChI is InChI=1S/C16H23I/c1-2-3-4-5-6-7-8-9-10-11-12-13-14-15-16-17/h6-7H,2-5,12-16H2,1H3/b7-6+. The Kier molecular flexibility index (Phi) is 15.2. The largest absolute Gasteiger partial charge is 0.0891 e. The molecule has 0 aromatic rings. The number of rotatable bonds is 8. The van der Waals surface area contributed by atoms with Gasteiger partial charge < -0.3 is 0 Å². The van der Waals surface area contributed by atoms with Crippen LogP contribution in [-0.2, 0) is 0 Å². The molecule has 17 heavy (non-hydrogen) atoms. The molecule has 0 aromatic heterocycles. The van der Waals surface area contributed by atoms with Gasteiger partial charge in [0, 0.05) is 6.42 Å². The summed E-state index contributed by atoms with van der Waals surface area (Å²) in [5.41, 5.74) is 0. The predicted molar refractivity (Wildman–Crippen MR) is 86.2 cm³/mol. The van der Waals surface area contributed by atoms with Crippen LogP contribution in [-0.4, -0.2) is 4.43 Å². The van der Waals surface area contributed by atoms with E-state index in [1.54, 1.807) is 0 Å². The van der Waals surface area contributed by atoms with Crippen LogP contribution in [0.4, 0.5) is 0 Å². The Labute approximate surface area is 121 Å². The van der Waals surface area contributed by atoms with Gasteiger partial charge in [0.05, 0.1) is 0 Å². The smallest absolute Gasteiger partial charge is 0.00989 e. The topological polar surface area (TPSA) is 0 Å². The molecular weight excluding hydrogens is 319 g/mol. The first-order valence-corrected chi connectivity index (χ1v) is 8.13. The first-order chi connectivity index (χ1) is 8.41. The maximum atomic E-state index is 3.10. The zero-order valence-electron chi connectivity index (χ0n) is 10.9. The van der Waals surface area contributed by atoms with Gasteiger partial charge in [-0.15, -0.1) is 0 Å². The van der Waals surface area contributed by atoms with E-state index in [0.29, 0.717) is 0 Å². The number of hydrogen-bond acceptors (Lipinski definition) is 0. The van der Waals surface area contributed by atoms with E-state index in [4.69, 9.17) is 0 Å². The van der Waals surface area contributed by atoms with Gasteiger partial charge in [0.25, 0.3) is 0 Å². The Morgan fingerprint density at radius 2 is 1.88 bits per heavy atom. The Hall–Kier alpha value is -0.410. The Morgan fingerprint density at radius 3 is 2.65 bits per heavy atom. The molecule has 0 spiro atoms. The third-order valence-corrected chi connectivity index (χ3v) is 3.10. The zero-order valence-corrected chi connectivity index (χ0v) is 13.1. The molecule has 0 aliphatic heterocycles. The van der Waals surface area contributed by atoms with E-state index in [1.807, 2.05) is 6.08 Å². The van der Waals surface area contributed by atoms with Crippen molar-refractivity contribution in [3.63, 3.8) is 0 Å². The van der Waals surface area contributed by atoms with Crippen molar-refractivity contribution < 1.29 is 0 Å². The van der Waals surface area contributed by atoms with Gasteiger partial charge in [-0.3, -0.25) is 0 Å². The molecule has 0 aliphatic carbocycles. The molecule has 0 aliphatic rings. The Morgan fingerprint density at radius 1 is 1.00 bits per heavy atom. The molecule has 0 unspecified atom stereocenters. The summed E-state index contributed by atoms with van der Waals surface area (Å²) in [5.74, 6) is 11.8. The highest BCUT2D eigenvalue weighted by Gasteiger charge is 1.83. The van der Waals surface area contributed by atoms with Crippen LogP contribution in [0, 0.1) is 23.7 Å². The second-order valence-corrected chi connectivity index (χ2v) is 5.05. The molecule has 0 rings (SSSR count). The van der Waals surface area contributed by atoms with Crippen molar-refractivity contribution in [1.82, 2.24) is 0 Å². The molecule has 0 N–H and O–H groups in total. The molecular formula is C16H23I. The monoisotopic (exact) mass is 342 g/mol. The number of alkyl halides is 1. The lowest BCUT2D eigenvalue weighted by Crippen LogP contribution is -1.75. The van der Waals surface area contributed by atoms with Crippen molar-refractivity contribution in [2.24, 2.45) is 0 Å². The van der Waals surface area contributed by atoms with Crippen LogP contribution in [0.25, 0.3) is 0 Å². The fraction of sp³-hybridized carbons (Fsp3) is 0.625. The van der Waals surface area contributed by atoms with Gasteiger partial charge in [0.1, 0.15) is 0 Å². The normalized spacial score (nSPS) is 9.53. The summed E-state index contributed by atoms with van der Waals surface area (Å²) in [6.45, 7) is 2.22. The lowest BCUT2D eigenvalue weighted by Gasteiger charge is -1.90. The highest BCUT2D eigenvalue weighted by atomic mass is 127. The van der Waals surface area contributed by atoms with Crippen LogP contribution in [0.5, 0.6) is 0 Å². The molecule has 0 nitrogen and oxygen atoms in total. The SMILES string of the molecule is CCCCC/C=C/C#CC#CCCCCCI. The van der Waals surface area contributed by atoms with E-state index in [-0.39, 0.29) is 0 Å². The average molecular weight is 342 g/mol. The van der Waals surface area contributed by atoms with E-state index >= 15 is 0 Å². The Bertz CT molecular complexity index is 293. The van der Waals surface area contributed by atoms with Gasteiger partial charge in [0.15, 0.2) is 0 Å². The van der Waals surface area contributed by atoms with Crippen LogP contribution >= 0.6 is 22.6 Å². The second-order valence-electron chi connectivity index (χ2n) is 3.97. The molecule has 0 heterocycles. The molecule has 1 heteroatoms. The maximum Gasteiger partial charge on any atom is 0.00989 e. The minimum atomic E-state index is 0.992. The molecule has 0 amide bonds. The van der Waals surface area contributed by atoms with Crippen LogP contribution in [0.15, 0.2) is 12.2 Å². The van der Waals surface area contributed by atoms with Crippen molar-refractivity contribution >= 4 is 22.6 Å². The summed E-state index contributed by atoms with van der Waals surface area (Å²) < 4.78 is 1.26. The molecule has 0 fully saturated rings. The van der Waals surface area contributed by atoms with Gasteiger partial charge in [-0.25, -0.2) is 0 Å². The van der Waals surface area contributed by atoms with Gasteiger partial charge in [-0.1, -0.05) is 66.7 Å². The van der Waals surface area contributed by atoms with Crippen molar-refractivity contribution in [3.05, 3.63) is 12.2 Å². The minimum absolute atomic E-state index is 0.992. The highest BCUT2D eigenvalue weighted by molar-refractivity contribution is 14.1. The van der Waals surface area contributed by atoms with Crippen molar-refractivity contribution in [3.8, 4) is 23.7 Å². The Balaban J connectivity index is 3.43. The quantitative estimate of drug-likeness (QED) is 0.248. The molecule has 0 saturated heterocycles. The van der Waals surface area contributed by atoms with Crippen LogP contribution in [0.3, 0.4) is 0 Å². The van der Waals surface area contributed by atoms with E-state index in [0.717, 1.165) is 12.8 Å². The highest BCUT2D eigenvalue weighted by Crippen LogP contribution is 2.01. The number of unbranched alkanes of at least 4 members (excludes halogenated alkanes) is 6. The molecule has 0 aromatic carbocycles. The summed E-state index contributed by atoms with van der Waals surface area (Å²) in [7, 11) is 0. The lowest BCUT2D eigenvalue weighted by atomic mass is 10.2. The van der Waals surface area contributed by atoms with Gasteiger partial charge in [-0.05, 0) is 48.0 Å². The predicted octanol–water partition coefficient (Wildman–Crippen LogP) is 5.13. The third kappa shape index (κ3) is 15.6. The number of halogens is 1. The fourth-order valence-electron chi connectivity index (χ4n) is 1.32. The first kappa shape index (κ1) is 16.6. The zero-order chi connectivity index (χ0) is 12.6. The lowest BCUT2D eigenvalue weighted by molar-refractivity contribution is 0.729. The third-order valence-electron chi connectivity index (χ3n) is 2.33. The minimum Gasteiger partial charge on any atom is -0.0891 e. The summed E-state index contributed by atoms with van der Waals surface area (Å²) in [4.78, 5) is 0. The fourth-order valence-corrected chi connectivity index (χ4v) is 1.86. The number of hydrogen-bond donors (Lipinski definition) is 0. The van der Waals surface area contributed by atoms with Crippen molar-refractivity contribution in [2.45, 2.75) is 58.3 Å². The van der Waals surface area contributed by atoms with Gasteiger partial charge >= 0.3 is 0 Å². The average Bonchev–Trinajstić information content (AvgIpc) is 2.35. The number of allylic oxidation sites excluding steroid dienone is 2. The first-order valence-electron chi connectivity index (χ1n) is 6.61. The molecule has 0 atom stereocenters. The van der Waals surface area contributed by atoms with E-state index in [9.17, 15) is 0 Å². The summed E-state index contributed by atoms with van der Waals surface area (Å²) >= 11 is 2.42. The maximum absolute atomic E-state index is 3.10. The van der Waals surface area contributed by atoms with E-state index in [2.05, 4.69) is 59.3 Å². The molecule has 0 saturated carbocycles.